The van der Waals surface area contributed by atoms with Gasteiger partial charge < -0.3 is 0 Å². The lowest BCUT2D eigenvalue weighted by Gasteiger charge is -2.09. The van der Waals surface area contributed by atoms with Gasteiger partial charge in [-0.1, -0.05) is 65.7 Å². The maximum atomic E-state index is 12.5. The van der Waals surface area contributed by atoms with Crippen LogP contribution in [0.5, 0.6) is 0 Å². The van der Waals surface area contributed by atoms with E-state index in [1.54, 1.807) is 6.07 Å². The molecule has 1 aromatic heterocycles. The van der Waals surface area contributed by atoms with Crippen molar-refractivity contribution in [2.45, 2.75) is 11.3 Å². The third-order valence-corrected chi connectivity index (χ3v) is 6.48. The van der Waals surface area contributed by atoms with Crippen LogP contribution in [0.2, 0.25) is 8.67 Å². The second-order valence-corrected chi connectivity index (χ2v) is 9.09. The van der Waals surface area contributed by atoms with Crippen LogP contribution in [0.1, 0.15) is 11.1 Å². The van der Waals surface area contributed by atoms with Gasteiger partial charge in [-0.3, -0.25) is 4.72 Å². The summed E-state index contributed by atoms with van der Waals surface area (Å²) in [7, 11) is -3.77. The molecule has 3 nitrogen and oxygen atoms in total. The van der Waals surface area contributed by atoms with E-state index in [2.05, 4.69) is 4.72 Å². The van der Waals surface area contributed by atoms with Crippen molar-refractivity contribution in [1.29, 1.82) is 0 Å². The number of anilines is 1. The van der Waals surface area contributed by atoms with Crippen molar-refractivity contribution in [3.05, 3.63) is 80.5 Å². The molecular formula is C17H13Cl2NO2S2. The summed E-state index contributed by atoms with van der Waals surface area (Å²) >= 11 is 12.8. The van der Waals surface area contributed by atoms with Gasteiger partial charge in [0.25, 0.3) is 10.0 Å². The smallest absolute Gasteiger partial charge is 0.264 e. The summed E-state index contributed by atoms with van der Waals surface area (Å²) in [6.07, 6.45) is 0.724. The predicted octanol–water partition coefficient (Wildman–Crippen LogP) is 5.45. The van der Waals surface area contributed by atoms with E-state index in [1.807, 2.05) is 48.5 Å². The number of nitrogens with one attached hydrogen (secondary N) is 1. The molecule has 0 atom stereocenters. The molecule has 124 valence electrons. The number of hydrogen-bond acceptors (Lipinski definition) is 3. The Morgan fingerprint density at radius 3 is 2.29 bits per heavy atom. The monoisotopic (exact) mass is 397 g/mol. The Kier molecular flexibility index (Phi) is 5.15. The van der Waals surface area contributed by atoms with Gasteiger partial charge in [0.1, 0.15) is 9.23 Å². The van der Waals surface area contributed by atoms with E-state index in [1.165, 1.54) is 6.07 Å². The van der Waals surface area contributed by atoms with E-state index in [9.17, 15) is 8.42 Å². The first kappa shape index (κ1) is 17.3. The van der Waals surface area contributed by atoms with Crippen molar-refractivity contribution in [3.63, 3.8) is 0 Å². The largest absolute Gasteiger partial charge is 0.280 e. The molecule has 0 aliphatic heterocycles. The summed E-state index contributed by atoms with van der Waals surface area (Å²) in [6.45, 7) is 0. The van der Waals surface area contributed by atoms with Gasteiger partial charge in [-0.2, -0.15) is 0 Å². The summed E-state index contributed by atoms with van der Waals surface area (Å²) in [5.41, 5.74) is 2.66. The number of benzene rings is 2. The van der Waals surface area contributed by atoms with E-state index in [0.717, 1.165) is 28.9 Å². The van der Waals surface area contributed by atoms with Gasteiger partial charge in [0.05, 0.1) is 4.34 Å². The molecule has 0 bridgehead atoms. The number of thiophene rings is 1. The molecule has 1 N–H and O–H groups in total. The van der Waals surface area contributed by atoms with Crippen molar-refractivity contribution < 1.29 is 8.42 Å². The fourth-order valence-corrected chi connectivity index (χ4v) is 5.49. The van der Waals surface area contributed by atoms with Gasteiger partial charge in [0.2, 0.25) is 0 Å². The molecule has 0 unspecified atom stereocenters. The highest BCUT2D eigenvalue weighted by molar-refractivity contribution is 7.93. The minimum Gasteiger partial charge on any atom is -0.280 e. The Balaban J connectivity index is 1.83. The van der Waals surface area contributed by atoms with E-state index in [0.29, 0.717) is 10.0 Å². The minimum atomic E-state index is -3.77. The lowest BCUT2D eigenvalue weighted by atomic mass is 10.0. The standard InChI is InChI=1S/C17H13Cl2NO2S2/c18-16-11-15(17(19)23-16)24(21,22)20-14-8-4-7-13(10-14)9-12-5-2-1-3-6-12/h1-8,10-11,20H,9H2. The van der Waals surface area contributed by atoms with Gasteiger partial charge in [-0.05, 0) is 35.7 Å². The first-order valence-electron chi connectivity index (χ1n) is 7.04. The van der Waals surface area contributed by atoms with Crippen molar-refractivity contribution in [1.82, 2.24) is 0 Å². The van der Waals surface area contributed by atoms with E-state index >= 15 is 0 Å². The SMILES string of the molecule is O=S(=O)(Nc1cccc(Cc2ccccc2)c1)c1cc(Cl)sc1Cl. The van der Waals surface area contributed by atoms with Gasteiger partial charge in [-0.25, -0.2) is 8.42 Å². The van der Waals surface area contributed by atoms with Gasteiger partial charge in [0, 0.05) is 5.69 Å². The van der Waals surface area contributed by atoms with Crippen molar-refractivity contribution in [3.8, 4) is 0 Å². The normalized spacial score (nSPS) is 11.4. The molecule has 0 spiro atoms. The Morgan fingerprint density at radius 2 is 1.62 bits per heavy atom. The first-order valence-corrected chi connectivity index (χ1v) is 10.1. The molecule has 7 heteroatoms. The quantitative estimate of drug-likeness (QED) is 0.622. The average molecular weight is 398 g/mol. The Morgan fingerprint density at radius 1 is 0.917 bits per heavy atom. The predicted molar refractivity (Wildman–Crippen MR) is 101 cm³/mol. The Bertz CT molecular complexity index is 954. The Hall–Kier alpha value is -1.53. The van der Waals surface area contributed by atoms with E-state index in [4.69, 9.17) is 23.2 Å². The molecular weight excluding hydrogens is 385 g/mol. The summed E-state index contributed by atoms with van der Waals surface area (Å²) in [4.78, 5) is -0.00682. The van der Waals surface area contributed by atoms with E-state index < -0.39 is 10.0 Å². The number of rotatable bonds is 5. The fraction of sp³-hybridized carbons (Fsp3) is 0.0588. The molecule has 0 aliphatic rings. The van der Waals surface area contributed by atoms with Gasteiger partial charge in [0.15, 0.2) is 0 Å². The van der Waals surface area contributed by atoms with Crippen LogP contribution in [-0.4, -0.2) is 8.42 Å². The zero-order valence-corrected chi connectivity index (χ0v) is 15.5. The van der Waals surface area contributed by atoms with Crippen LogP contribution >= 0.6 is 34.5 Å². The lowest BCUT2D eigenvalue weighted by Crippen LogP contribution is -2.12. The maximum absolute atomic E-state index is 12.5. The van der Waals surface area contributed by atoms with Crippen LogP contribution in [0.25, 0.3) is 0 Å². The minimum absolute atomic E-state index is 0.00682. The maximum Gasteiger partial charge on any atom is 0.264 e. The second kappa shape index (κ2) is 7.15. The highest BCUT2D eigenvalue weighted by Gasteiger charge is 2.21. The second-order valence-electron chi connectivity index (χ2n) is 5.16. The van der Waals surface area contributed by atoms with Crippen molar-refractivity contribution in [2.24, 2.45) is 0 Å². The summed E-state index contributed by atoms with van der Waals surface area (Å²) < 4.78 is 27.9. The fourth-order valence-electron chi connectivity index (χ4n) is 2.29. The molecule has 0 radical (unpaired) electrons. The zero-order valence-electron chi connectivity index (χ0n) is 12.4. The molecule has 3 rings (SSSR count). The molecule has 0 saturated heterocycles. The number of hydrogen-bond donors (Lipinski definition) is 1. The Labute approximate surface area is 154 Å². The van der Waals surface area contributed by atoms with Crippen LogP contribution < -0.4 is 4.72 Å². The molecule has 0 saturated carbocycles. The highest BCUT2D eigenvalue weighted by atomic mass is 35.5. The van der Waals surface area contributed by atoms with Crippen LogP contribution in [0.4, 0.5) is 5.69 Å². The van der Waals surface area contributed by atoms with Crippen molar-refractivity contribution >= 4 is 50.2 Å². The third kappa shape index (κ3) is 4.11. The summed E-state index contributed by atoms with van der Waals surface area (Å²) in [5, 5.41) is 0. The van der Waals surface area contributed by atoms with Crippen LogP contribution in [0.15, 0.2) is 65.6 Å². The van der Waals surface area contributed by atoms with Crippen LogP contribution in [-0.2, 0) is 16.4 Å². The highest BCUT2D eigenvalue weighted by Crippen LogP contribution is 2.35. The molecule has 0 amide bonds. The molecule has 2 aromatic carbocycles. The van der Waals surface area contributed by atoms with Crippen molar-refractivity contribution in [2.75, 3.05) is 4.72 Å². The molecule has 3 aromatic rings. The molecule has 1 heterocycles. The third-order valence-electron chi connectivity index (χ3n) is 3.35. The lowest BCUT2D eigenvalue weighted by molar-refractivity contribution is 0.601. The topological polar surface area (TPSA) is 46.2 Å². The van der Waals surface area contributed by atoms with Crippen LogP contribution in [0, 0.1) is 0 Å². The molecule has 0 aliphatic carbocycles. The van der Waals surface area contributed by atoms with Crippen LogP contribution in [0.3, 0.4) is 0 Å². The number of sulfonamides is 1. The summed E-state index contributed by atoms with van der Waals surface area (Å²) in [5.74, 6) is 0. The van der Waals surface area contributed by atoms with E-state index in [-0.39, 0.29) is 9.23 Å². The van der Waals surface area contributed by atoms with Gasteiger partial charge >= 0.3 is 0 Å². The molecule has 0 fully saturated rings. The number of halogens is 2. The zero-order chi connectivity index (χ0) is 17.2. The summed E-state index contributed by atoms with van der Waals surface area (Å²) in [6, 6.07) is 18.6. The van der Waals surface area contributed by atoms with Gasteiger partial charge in [-0.15, -0.1) is 11.3 Å². The first-order chi connectivity index (χ1) is 11.4. The molecule has 24 heavy (non-hydrogen) atoms. The average Bonchev–Trinajstić information content (AvgIpc) is 2.88.